The lowest BCUT2D eigenvalue weighted by Crippen LogP contribution is -2.32. The van der Waals surface area contributed by atoms with Gasteiger partial charge in [-0.05, 0) is 31.4 Å². The molecule has 1 heterocycles. The van der Waals surface area contributed by atoms with Crippen molar-refractivity contribution < 1.29 is 9.53 Å². The van der Waals surface area contributed by atoms with E-state index < -0.39 is 0 Å². The van der Waals surface area contributed by atoms with Gasteiger partial charge >= 0.3 is 0 Å². The van der Waals surface area contributed by atoms with Gasteiger partial charge < -0.3 is 15.4 Å². The van der Waals surface area contributed by atoms with E-state index in [1.807, 2.05) is 24.3 Å². The quantitative estimate of drug-likeness (QED) is 0.865. The second-order valence-electron chi connectivity index (χ2n) is 5.06. The van der Waals surface area contributed by atoms with Gasteiger partial charge in [-0.15, -0.1) is 0 Å². The molecule has 1 amide bonds. The van der Waals surface area contributed by atoms with Crippen LogP contribution in [0.15, 0.2) is 24.3 Å². The molecule has 0 aromatic heterocycles. The number of nitrogens with two attached hydrogens (primary N) is 1. The van der Waals surface area contributed by atoms with Crippen LogP contribution >= 0.6 is 12.2 Å². The molecule has 0 bridgehead atoms. The Bertz CT molecular complexity index is 498. The van der Waals surface area contributed by atoms with Gasteiger partial charge in [0.25, 0.3) is 0 Å². The van der Waals surface area contributed by atoms with Crippen LogP contribution in [-0.4, -0.2) is 30.7 Å². The normalized spacial score (nSPS) is 18.6. The topological polar surface area (TPSA) is 55.6 Å². The van der Waals surface area contributed by atoms with Crippen molar-refractivity contribution in [2.75, 3.05) is 18.6 Å². The molecule has 1 unspecified atom stereocenters. The molecule has 1 fully saturated rings. The lowest BCUT2D eigenvalue weighted by Gasteiger charge is -2.25. The molecular weight excluding hydrogens is 272 g/mol. The van der Waals surface area contributed by atoms with E-state index in [9.17, 15) is 4.79 Å². The lowest BCUT2D eigenvalue weighted by molar-refractivity contribution is -0.122. The summed E-state index contributed by atoms with van der Waals surface area (Å²) in [6.45, 7) is 0.762. The number of rotatable bonds is 4. The first kappa shape index (κ1) is 14.9. The summed E-state index contributed by atoms with van der Waals surface area (Å²) in [6, 6.07) is 7.41. The predicted octanol–water partition coefficient (Wildman–Crippen LogP) is 2.24. The number of carbonyl (C=O) groups excluding carboxylic acids is 1. The van der Waals surface area contributed by atoms with Crippen LogP contribution in [0.25, 0.3) is 0 Å². The minimum atomic E-state index is 0.0528. The largest absolute Gasteiger partial charge is 0.389 e. The highest BCUT2D eigenvalue weighted by Gasteiger charge is 2.20. The Morgan fingerprint density at radius 3 is 2.95 bits per heavy atom. The summed E-state index contributed by atoms with van der Waals surface area (Å²) in [4.78, 5) is 14.2. The van der Waals surface area contributed by atoms with Gasteiger partial charge in [0.15, 0.2) is 0 Å². The van der Waals surface area contributed by atoms with Crippen molar-refractivity contribution in [3.8, 4) is 0 Å². The molecule has 1 aliphatic heterocycles. The Hall–Kier alpha value is -1.46. The van der Waals surface area contributed by atoms with Crippen LogP contribution in [0.4, 0.5) is 5.69 Å². The molecule has 1 atom stereocenters. The third kappa shape index (κ3) is 3.77. The molecule has 1 aliphatic rings. The molecule has 108 valence electrons. The first-order valence-electron chi connectivity index (χ1n) is 6.86. The first-order valence-corrected chi connectivity index (χ1v) is 7.27. The van der Waals surface area contributed by atoms with Crippen molar-refractivity contribution in [3.63, 3.8) is 0 Å². The van der Waals surface area contributed by atoms with Crippen molar-refractivity contribution in [2.45, 2.75) is 31.8 Å². The van der Waals surface area contributed by atoms with Crippen LogP contribution in [-0.2, 0) is 9.53 Å². The minimum absolute atomic E-state index is 0.0528. The molecular formula is C15H20N2O2S. The third-order valence-electron chi connectivity index (χ3n) is 3.57. The highest BCUT2D eigenvalue weighted by Crippen LogP contribution is 2.20. The summed E-state index contributed by atoms with van der Waals surface area (Å²) in [7, 11) is 1.77. The highest BCUT2D eigenvalue weighted by molar-refractivity contribution is 7.80. The van der Waals surface area contributed by atoms with E-state index >= 15 is 0 Å². The van der Waals surface area contributed by atoms with Gasteiger partial charge in [-0.3, -0.25) is 4.79 Å². The van der Waals surface area contributed by atoms with E-state index in [1.165, 1.54) is 0 Å². The Morgan fingerprint density at radius 1 is 1.50 bits per heavy atom. The molecule has 0 saturated carbocycles. The van der Waals surface area contributed by atoms with Crippen LogP contribution in [0.2, 0.25) is 0 Å². The maximum atomic E-state index is 12.3. The molecule has 1 saturated heterocycles. The number of benzene rings is 1. The second kappa shape index (κ2) is 6.81. The number of anilines is 1. The summed E-state index contributed by atoms with van der Waals surface area (Å²) < 4.78 is 5.61. The number of ether oxygens (including phenoxy) is 1. The van der Waals surface area contributed by atoms with E-state index in [1.54, 1.807) is 11.9 Å². The number of carbonyl (C=O) groups is 1. The first-order chi connectivity index (χ1) is 9.58. The molecule has 1 aromatic rings. The Balaban J connectivity index is 2.02. The van der Waals surface area contributed by atoms with Gasteiger partial charge in [0.2, 0.25) is 5.91 Å². The van der Waals surface area contributed by atoms with Crippen LogP contribution in [0.5, 0.6) is 0 Å². The summed E-state index contributed by atoms with van der Waals surface area (Å²) in [6.07, 6.45) is 3.67. The van der Waals surface area contributed by atoms with Crippen molar-refractivity contribution in [2.24, 2.45) is 5.73 Å². The Labute approximate surface area is 124 Å². The Kier molecular flexibility index (Phi) is 5.09. The zero-order chi connectivity index (χ0) is 14.5. The number of hydrogen-bond donors (Lipinski definition) is 1. The average molecular weight is 292 g/mol. The summed E-state index contributed by atoms with van der Waals surface area (Å²) in [5.41, 5.74) is 7.19. The van der Waals surface area contributed by atoms with Crippen molar-refractivity contribution in [1.29, 1.82) is 0 Å². The maximum absolute atomic E-state index is 12.3. The monoisotopic (exact) mass is 292 g/mol. The fraction of sp³-hybridized carbons (Fsp3) is 0.467. The van der Waals surface area contributed by atoms with E-state index in [0.717, 1.165) is 37.1 Å². The highest BCUT2D eigenvalue weighted by atomic mass is 32.1. The van der Waals surface area contributed by atoms with Gasteiger partial charge in [-0.25, -0.2) is 0 Å². The van der Waals surface area contributed by atoms with Crippen LogP contribution in [0, 0.1) is 0 Å². The molecule has 0 aliphatic carbocycles. The van der Waals surface area contributed by atoms with Crippen molar-refractivity contribution in [3.05, 3.63) is 29.8 Å². The number of thiocarbonyl (C=S) groups is 1. The molecule has 0 spiro atoms. The minimum Gasteiger partial charge on any atom is -0.389 e. The van der Waals surface area contributed by atoms with Crippen LogP contribution in [0.1, 0.15) is 31.2 Å². The number of amides is 1. The van der Waals surface area contributed by atoms with Gasteiger partial charge in [0, 0.05) is 24.9 Å². The maximum Gasteiger partial charge on any atom is 0.229 e. The molecule has 4 nitrogen and oxygen atoms in total. The van der Waals surface area contributed by atoms with Gasteiger partial charge in [-0.2, -0.15) is 0 Å². The number of hydrogen-bond acceptors (Lipinski definition) is 3. The summed E-state index contributed by atoms with van der Waals surface area (Å²) >= 11 is 4.96. The van der Waals surface area contributed by atoms with Gasteiger partial charge in [0.05, 0.1) is 12.5 Å². The molecule has 20 heavy (non-hydrogen) atoms. The predicted molar refractivity (Wildman–Crippen MR) is 83.9 cm³/mol. The summed E-state index contributed by atoms with van der Waals surface area (Å²) in [5.74, 6) is 0.0528. The summed E-state index contributed by atoms with van der Waals surface area (Å²) in [5, 5.41) is 0. The van der Waals surface area contributed by atoms with E-state index in [4.69, 9.17) is 22.7 Å². The van der Waals surface area contributed by atoms with Crippen LogP contribution in [0.3, 0.4) is 0 Å². The van der Waals surface area contributed by atoms with Crippen molar-refractivity contribution in [1.82, 2.24) is 0 Å². The lowest BCUT2D eigenvalue weighted by atomic mass is 10.1. The van der Waals surface area contributed by atoms with Crippen LogP contribution < -0.4 is 10.6 Å². The van der Waals surface area contributed by atoms with Gasteiger partial charge in [-0.1, -0.05) is 24.4 Å². The smallest absolute Gasteiger partial charge is 0.229 e. The second-order valence-corrected chi connectivity index (χ2v) is 5.50. The molecule has 2 N–H and O–H groups in total. The molecule has 1 aromatic carbocycles. The number of nitrogens with zero attached hydrogens (tertiary/aromatic N) is 1. The SMILES string of the molecule is CN(C(=O)CC1CCCCO1)c1cccc(C(N)=S)c1. The van der Waals surface area contributed by atoms with E-state index in [-0.39, 0.29) is 12.0 Å². The van der Waals surface area contributed by atoms with E-state index in [2.05, 4.69) is 0 Å². The standard InChI is InChI=1S/C15H20N2O2S/c1-17(12-6-4-5-11(9-12)15(16)20)14(18)10-13-7-2-3-8-19-13/h4-6,9,13H,2-3,7-8,10H2,1H3,(H2,16,20). The Morgan fingerprint density at radius 2 is 2.30 bits per heavy atom. The zero-order valence-corrected chi connectivity index (χ0v) is 12.5. The van der Waals surface area contributed by atoms with Crippen molar-refractivity contribution >= 4 is 28.8 Å². The molecule has 0 radical (unpaired) electrons. The molecule has 2 rings (SSSR count). The average Bonchev–Trinajstić information content (AvgIpc) is 2.47. The fourth-order valence-electron chi connectivity index (χ4n) is 2.31. The molecule has 5 heteroatoms. The zero-order valence-electron chi connectivity index (χ0n) is 11.7. The van der Waals surface area contributed by atoms with Gasteiger partial charge in [0.1, 0.15) is 4.99 Å². The third-order valence-corrected chi connectivity index (χ3v) is 3.80. The van der Waals surface area contributed by atoms with E-state index in [0.29, 0.717) is 11.4 Å². The fourth-order valence-corrected chi connectivity index (χ4v) is 2.44.